The Balaban J connectivity index is 1.75. The number of aryl methyl sites for hydroxylation is 1. The maximum Gasteiger partial charge on any atom is 0.276 e. The van der Waals surface area contributed by atoms with Crippen LogP contribution >= 0.6 is 23.8 Å². The molecule has 0 aliphatic heterocycles. The van der Waals surface area contributed by atoms with Crippen molar-refractivity contribution in [3.8, 4) is 5.75 Å². The Hall–Kier alpha value is -2.31. The normalized spacial score (nSPS) is 10.0. The molecule has 0 atom stereocenters. The number of ether oxygens (including phenoxy) is 1. The van der Waals surface area contributed by atoms with E-state index >= 15 is 0 Å². The predicted octanol–water partition coefficient (Wildman–Crippen LogP) is 3.06. The fraction of sp³-hybridized carbons (Fsp3) is 0.222. The van der Waals surface area contributed by atoms with E-state index in [9.17, 15) is 4.79 Å². The monoisotopic (exact) mass is 377 g/mol. The van der Waals surface area contributed by atoms with Crippen LogP contribution in [0.3, 0.4) is 0 Å². The molecule has 0 aliphatic rings. The van der Waals surface area contributed by atoms with Gasteiger partial charge in [0.25, 0.3) is 5.91 Å². The molecule has 7 heteroatoms. The zero-order chi connectivity index (χ0) is 18.2. The van der Waals surface area contributed by atoms with Crippen molar-refractivity contribution in [2.24, 2.45) is 0 Å². The van der Waals surface area contributed by atoms with Crippen molar-refractivity contribution in [2.75, 3.05) is 13.7 Å². The highest BCUT2D eigenvalue weighted by molar-refractivity contribution is 7.80. The van der Waals surface area contributed by atoms with Crippen molar-refractivity contribution in [2.45, 2.75) is 13.5 Å². The summed E-state index contributed by atoms with van der Waals surface area (Å²) in [5, 5.41) is 5.61. The third-order valence-electron chi connectivity index (χ3n) is 3.38. The van der Waals surface area contributed by atoms with Gasteiger partial charge in [0.15, 0.2) is 11.7 Å². The number of benzene rings is 2. The van der Waals surface area contributed by atoms with Gasteiger partial charge < -0.3 is 10.1 Å². The zero-order valence-electron chi connectivity index (χ0n) is 14.1. The fourth-order valence-corrected chi connectivity index (χ4v) is 2.25. The van der Waals surface area contributed by atoms with Crippen molar-refractivity contribution < 1.29 is 9.53 Å². The van der Waals surface area contributed by atoms with Gasteiger partial charge >= 0.3 is 0 Å². The second-order valence-electron chi connectivity index (χ2n) is 5.44. The molecule has 0 saturated heterocycles. The number of thiocarbonyl (C=S) groups is 1. The Kier molecular flexibility index (Phi) is 7.03. The number of amides is 1. The van der Waals surface area contributed by atoms with Gasteiger partial charge in [0, 0.05) is 18.6 Å². The van der Waals surface area contributed by atoms with E-state index in [1.807, 2.05) is 37.3 Å². The van der Waals surface area contributed by atoms with E-state index in [-0.39, 0.29) is 12.5 Å². The molecule has 2 aromatic rings. The van der Waals surface area contributed by atoms with Crippen LogP contribution in [-0.4, -0.2) is 29.7 Å². The number of nitrogens with one attached hydrogen (secondary N) is 2. The number of hydrazine groups is 1. The molecule has 0 saturated carbocycles. The highest BCUT2D eigenvalue weighted by Crippen LogP contribution is 2.20. The Morgan fingerprint density at radius 2 is 1.96 bits per heavy atom. The Labute approximate surface area is 157 Å². The quantitative estimate of drug-likeness (QED) is 0.619. The fourth-order valence-electron chi connectivity index (χ4n) is 2.02. The molecular formula is C18H20ClN3O2S. The third-order valence-corrected chi connectivity index (χ3v) is 4.23. The smallest absolute Gasteiger partial charge is 0.276 e. The topological polar surface area (TPSA) is 53.6 Å². The summed E-state index contributed by atoms with van der Waals surface area (Å²) in [7, 11) is 1.67. The highest BCUT2D eigenvalue weighted by Gasteiger charge is 2.09. The minimum Gasteiger partial charge on any atom is -0.484 e. The van der Waals surface area contributed by atoms with Crippen LogP contribution in [0.2, 0.25) is 5.02 Å². The van der Waals surface area contributed by atoms with Gasteiger partial charge in [0.2, 0.25) is 0 Å². The van der Waals surface area contributed by atoms with Gasteiger partial charge in [-0.2, -0.15) is 0 Å². The van der Waals surface area contributed by atoms with Crippen molar-refractivity contribution in [3.05, 3.63) is 64.7 Å². The van der Waals surface area contributed by atoms with Gasteiger partial charge in [-0.3, -0.25) is 15.2 Å². The maximum atomic E-state index is 12.0. The van der Waals surface area contributed by atoms with E-state index in [1.54, 1.807) is 25.2 Å². The molecule has 0 spiro atoms. The third kappa shape index (κ3) is 6.25. The minimum atomic E-state index is -0.307. The molecule has 0 radical (unpaired) electrons. The van der Waals surface area contributed by atoms with Crippen LogP contribution in [0.25, 0.3) is 0 Å². The number of carbonyl (C=O) groups excluding carboxylic acids is 1. The number of nitrogens with zero attached hydrogens (tertiary/aromatic N) is 1. The molecule has 1 amide bonds. The van der Waals surface area contributed by atoms with Crippen LogP contribution in [0.5, 0.6) is 5.75 Å². The molecule has 0 unspecified atom stereocenters. The number of halogens is 1. The Morgan fingerprint density at radius 3 is 2.64 bits per heavy atom. The summed E-state index contributed by atoms with van der Waals surface area (Å²) < 4.78 is 5.45. The van der Waals surface area contributed by atoms with Crippen LogP contribution in [0.15, 0.2) is 48.5 Å². The molecule has 0 aromatic heterocycles. The summed E-state index contributed by atoms with van der Waals surface area (Å²) in [6.07, 6.45) is 0. The highest BCUT2D eigenvalue weighted by atomic mass is 35.5. The van der Waals surface area contributed by atoms with Crippen molar-refractivity contribution in [1.82, 2.24) is 15.8 Å². The summed E-state index contributed by atoms with van der Waals surface area (Å²) in [5.41, 5.74) is 4.65. The maximum absolute atomic E-state index is 12.0. The molecule has 0 aliphatic carbocycles. The van der Waals surface area contributed by atoms with Gasteiger partial charge in [-0.05, 0) is 48.5 Å². The van der Waals surface area contributed by atoms with Gasteiger partial charge in [-0.25, -0.2) is 0 Å². The average molecular weight is 378 g/mol. The molecule has 5 nitrogen and oxygen atoms in total. The first-order valence-corrected chi connectivity index (χ1v) is 8.48. The SMILES string of the molecule is Cc1cc(OCC(=O)NN(C)C(=S)NCc2ccccc2)ccc1Cl. The lowest BCUT2D eigenvalue weighted by Crippen LogP contribution is -2.49. The molecule has 25 heavy (non-hydrogen) atoms. The zero-order valence-corrected chi connectivity index (χ0v) is 15.7. The summed E-state index contributed by atoms with van der Waals surface area (Å²) >= 11 is 11.2. The predicted molar refractivity (Wildman–Crippen MR) is 103 cm³/mol. The van der Waals surface area contributed by atoms with Crippen LogP contribution in [0.4, 0.5) is 0 Å². The van der Waals surface area contributed by atoms with E-state index in [4.69, 9.17) is 28.6 Å². The Morgan fingerprint density at radius 1 is 1.24 bits per heavy atom. The molecule has 0 bridgehead atoms. The Bertz CT molecular complexity index is 740. The van der Waals surface area contributed by atoms with E-state index in [0.29, 0.717) is 22.4 Å². The van der Waals surface area contributed by atoms with E-state index in [1.165, 1.54) is 5.01 Å². The number of carbonyl (C=O) groups is 1. The lowest BCUT2D eigenvalue weighted by Gasteiger charge is -2.21. The first-order chi connectivity index (χ1) is 12.0. The number of hydrogen-bond acceptors (Lipinski definition) is 3. The summed E-state index contributed by atoms with van der Waals surface area (Å²) in [4.78, 5) is 12.0. The largest absolute Gasteiger partial charge is 0.484 e. The number of rotatable bonds is 5. The van der Waals surface area contributed by atoms with E-state index in [2.05, 4.69) is 10.7 Å². The summed E-state index contributed by atoms with van der Waals surface area (Å²) in [6.45, 7) is 2.34. The van der Waals surface area contributed by atoms with Gasteiger partial charge in [-0.1, -0.05) is 41.9 Å². The van der Waals surface area contributed by atoms with Crippen molar-refractivity contribution in [3.63, 3.8) is 0 Å². The second-order valence-corrected chi connectivity index (χ2v) is 6.23. The van der Waals surface area contributed by atoms with E-state index < -0.39 is 0 Å². The van der Waals surface area contributed by atoms with Gasteiger partial charge in [0.05, 0.1) is 0 Å². The molecule has 0 fully saturated rings. The minimum absolute atomic E-state index is 0.118. The van der Waals surface area contributed by atoms with Crippen LogP contribution in [0.1, 0.15) is 11.1 Å². The molecule has 132 valence electrons. The first-order valence-electron chi connectivity index (χ1n) is 7.69. The van der Waals surface area contributed by atoms with Crippen molar-refractivity contribution in [1.29, 1.82) is 0 Å². The average Bonchev–Trinajstić information content (AvgIpc) is 2.61. The second kappa shape index (κ2) is 9.25. The molecule has 0 heterocycles. The molecule has 2 rings (SSSR count). The molecule has 2 N–H and O–H groups in total. The van der Waals surface area contributed by atoms with Crippen LogP contribution < -0.4 is 15.5 Å². The lowest BCUT2D eigenvalue weighted by atomic mass is 10.2. The van der Waals surface area contributed by atoms with Crippen LogP contribution in [-0.2, 0) is 11.3 Å². The van der Waals surface area contributed by atoms with Crippen molar-refractivity contribution >= 4 is 34.8 Å². The van der Waals surface area contributed by atoms with Gasteiger partial charge in [0.1, 0.15) is 5.75 Å². The summed E-state index contributed by atoms with van der Waals surface area (Å²) in [5.74, 6) is 0.281. The number of hydrogen-bond donors (Lipinski definition) is 2. The van der Waals surface area contributed by atoms with Crippen LogP contribution in [0, 0.1) is 6.92 Å². The molecule has 2 aromatic carbocycles. The standard InChI is InChI=1S/C18H20ClN3O2S/c1-13-10-15(8-9-16(13)19)24-12-17(23)21-22(2)18(25)20-11-14-6-4-3-5-7-14/h3-10H,11-12H2,1-2H3,(H,20,25)(H,21,23). The first kappa shape index (κ1) is 19.0. The van der Waals surface area contributed by atoms with Gasteiger partial charge in [-0.15, -0.1) is 0 Å². The summed E-state index contributed by atoms with van der Waals surface area (Å²) in [6, 6.07) is 15.1. The van der Waals surface area contributed by atoms with E-state index in [0.717, 1.165) is 11.1 Å². The lowest BCUT2D eigenvalue weighted by molar-refractivity contribution is -0.126. The molecular weight excluding hydrogens is 358 g/mol.